The molecule has 0 aromatic rings. The first-order valence-corrected chi connectivity index (χ1v) is 3.37. The molecular formula is C7H11NO4. The van der Waals surface area contributed by atoms with Gasteiger partial charge in [0.05, 0.1) is 0 Å². The van der Waals surface area contributed by atoms with Gasteiger partial charge in [-0.2, -0.15) is 0 Å². The molecule has 0 spiro atoms. The maximum Gasteiger partial charge on any atom is 0.314 e. The van der Waals surface area contributed by atoms with Gasteiger partial charge in [0, 0.05) is 12.6 Å². The van der Waals surface area contributed by atoms with Crippen molar-refractivity contribution in [1.82, 2.24) is 0 Å². The van der Waals surface area contributed by atoms with Crippen LogP contribution in [0.3, 0.4) is 0 Å². The fraction of sp³-hybridized carbons (Fsp3) is 0.571. The first-order valence-electron chi connectivity index (χ1n) is 3.37. The normalized spacial score (nSPS) is 12.8. The van der Waals surface area contributed by atoms with Crippen LogP contribution < -0.4 is 0 Å². The van der Waals surface area contributed by atoms with Crippen molar-refractivity contribution < 1.29 is 19.5 Å². The summed E-state index contributed by atoms with van der Waals surface area (Å²) in [5.41, 5.74) is 0. The van der Waals surface area contributed by atoms with Gasteiger partial charge < -0.3 is 9.94 Å². The first kappa shape index (κ1) is 10.6. The summed E-state index contributed by atoms with van der Waals surface area (Å²) in [6.45, 7) is 1.24. The highest BCUT2D eigenvalue weighted by Gasteiger charge is 2.20. The number of carboxylic acid groups (broad SMARTS) is 1. The maximum absolute atomic E-state index is 10.7. The lowest BCUT2D eigenvalue weighted by atomic mass is 10.0. The third-order valence-electron chi connectivity index (χ3n) is 1.31. The van der Waals surface area contributed by atoms with E-state index in [0.717, 1.165) is 0 Å². The summed E-state index contributed by atoms with van der Waals surface area (Å²) in [5.74, 6) is -2.53. The summed E-state index contributed by atoms with van der Waals surface area (Å²) in [4.78, 5) is 25.4. The Morgan fingerprint density at radius 2 is 2.25 bits per heavy atom. The minimum atomic E-state index is -1.13. The summed E-state index contributed by atoms with van der Waals surface area (Å²) in [6, 6.07) is 0. The van der Waals surface area contributed by atoms with Gasteiger partial charge in [0.1, 0.15) is 18.8 Å². The summed E-state index contributed by atoms with van der Waals surface area (Å²) in [6.07, 6.45) is 1.33. The van der Waals surface area contributed by atoms with Crippen molar-refractivity contribution in [3.8, 4) is 0 Å². The van der Waals surface area contributed by atoms with Crippen LogP contribution in [-0.2, 0) is 14.4 Å². The molecule has 0 aliphatic rings. The van der Waals surface area contributed by atoms with Gasteiger partial charge >= 0.3 is 5.97 Å². The highest BCUT2D eigenvalue weighted by molar-refractivity contribution is 5.98. The van der Waals surface area contributed by atoms with Crippen molar-refractivity contribution in [1.29, 1.82) is 0 Å². The van der Waals surface area contributed by atoms with Crippen LogP contribution in [0.2, 0.25) is 0 Å². The molecule has 0 saturated carbocycles. The fourth-order valence-corrected chi connectivity index (χ4v) is 0.664. The number of oxime groups is 1. The molecule has 0 amide bonds. The topological polar surface area (TPSA) is 76.0 Å². The molecule has 1 atom stereocenters. The van der Waals surface area contributed by atoms with Gasteiger partial charge in [-0.25, -0.2) is 0 Å². The zero-order chi connectivity index (χ0) is 9.56. The summed E-state index contributed by atoms with van der Waals surface area (Å²) < 4.78 is 0. The number of Topliss-reactive ketones (excluding diaryl/α,β-unsaturated/α-hetero) is 1. The Labute approximate surface area is 70.0 Å². The Morgan fingerprint density at radius 3 is 2.58 bits per heavy atom. The van der Waals surface area contributed by atoms with E-state index < -0.39 is 11.9 Å². The predicted molar refractivity (Wildman–Crippen MR) is 41.9 cm³/mol. The minimum Gasteiger partial charge on any atom is -0.481 e. The standard InChI is InChI=1S/C7H11NO4/c1-5(9)6(7(10)11)3-4-8-12-2/h4,6H,3H2,1-2H3,(H,10,11). The molecule has 0 saturated heterocycles. The number of carboxylic acids is 1. The molecule has 0 rings (SSSR count). The molecule has 1 N–H and O–H groups in total. The first-order chi connectivity index (χ1) is 5.59. The smallest absolute Gasteiger partial charge is 0.314 e. The van der Waals surface area contributed by atoms with Gasteiger partial charge in [-0.3, -0.25) is 9.59 Å². The average Bonchev–Trinajstić information content (AvgIpc) is 1.96. The van der Waals surface area contributed by atoms with Crippen LogP contribution >= 0.6 is 0 Å². The lowest BCUT2D eigenvalue weighted by Gasteiger charge is -2.02. The van der Waals surface area contributed by atoms with Crippen LogP contribution in [0.1, 0.15) is 13.3 Å². The van der Waals surface area contributed by atoms with E-state index in [4.69, 9.17) is 5.11 Å². The van der Waals surface area contributed by atoms with Crippen molar-refractivity contribution >= 4 is 18.0 Å². The van der Waals surface area contributed by atoms with Gasteiger partial charge in [-0.05, 0) is 6.92 Å². The third-order valence-corrected chi connectivity index (χ3v) is 1.31. The Balaban J connectivity index is 4.06. The van der Waals surface area contributed by atoms with Gasteiger partial charge in [-0.15, -0.1) is 0 Å². The van der Waals surface area contributed by atoms with Crippen LogP contribution in [0.15, 0.2) is 5.16 Å². The lowest BCUT2D eigenvalue weighted by Crippen LogP contribution is -2.21. The number of aliphatic carboxylic acids is 1. The molecule has 68 valence electrons. The molecule has 0 heterocycles. The Bertz CT molecular complexity index is 186. The van der Waals surface area contributed by atoms with E-state index in [1.54, 1.807) is 0 Å². The number of hydrogen-bond acceptors (Lipinski definition) is 4. The number of carbonyl (C=O) groups excluding carboxylic acids is 1. The minimum absolute atomic E-state index is 0.0680. The van der Waals surface area contributed by atoms with Crippen molar-refractivity contribution in [2.24, 2.45) is 11.1 Å². The van der Waals surface area contributed by atoms with Gasteiger partial charge in [0.25, 0.3) is 0 Å². The van der Waals surface area contributed by atoms with E-state index in [0.29, 0.717) is 0 Å². The zero-order valence-corrected chi connectivity index (χ0v) is 6.98. The third kappa shape index (κ3) is 3.70. The maximum atomic E-state index is 10.7. The monoisotopic (exact) mass is 173 g/mol. The second kappa shape index (κ2) is 5.29. The van der Waals surface area contributed by atoms with E-state index in [1.807, 2.05) is 0 Å². The van der Waals surface area contributed by atoms with Crippen molar-refractivity contribution in [3.63, 3.8) is 0 Å². The lowest BCUT2D eigenvalue weighted by molar-refractivity contribution is -0.145. The molecule has 0 bridgehead atoms. The zero-order valence-electron chi connectivity index (χ0n) is 6.98. The summed E-state index contributed by atoms with van der Waals surface area (Å²) in [7, 11) is 1.35. The number of ketones is 1. The van der Waals surface area contributed by atoms with E-state index in [2.05, 4.69) is 9.99 Å². The second-order valence-electron chi connectivity index (χ2n) is 2.21. The molecule has 1 unspecified atom stereocenters. The van der Waals surface area contributed by atoms with E-state index in [-0.39, 0.29) is 12.2 Å². The second-order valence-corrected chi connectivity index (χ2v) is 2.21. The summed E-state index contributed by atoms with van der Waals surface area (Å²) >= 11 is 0. The molecular weight excluding hydrogens is 162 g/mol. The van der Waals surface area contributed by atoms with Crippen LogP contribution in [-0.4, -0.2) is 30.2 Å². The molecule has 0 fully saturated rings. The van der Waals surface area contributed by atoms with E-state index >= 15 is 0 Å². The Hall–Kier alpha value is -1.39. The van der Waals surface area contributed by atoms with Gasteiger partial charge in [0.2, 0.25) is 0 Å². The molecule has 0 aliphatic heterocycles. The number of carbonyl (C=O) groups is 2. The SMILES string of the molecule is CON=CCC(C(C)=O)C(=O)O. The summed E-state index contributed by atoms with van der Waals surface area (Å²) in [5, 5.41) is 11.9. The molecule has 0 radical (unpaired) electrons. The fourth-order valence-electron chi connectivity index (χ4n) is 0.664. The van der Waals surface area contributed by atoms with E-state index in [9.17, 15) is 9.59 Å². The van der Waals surface area contributed by atoms with Crippen LogP contribution in [0.25, 0.3) is 0 Å². The largest absolute Gasteiger partial charge is 0.481 e. The van der Waals surface area contributed by atoms with Crippen molar-refractivity contribution in [3.05, 3.63) is 0 Å². The number of nitrogens with zero attached hydrogens (tertiary/aromatic N) is 1. The van der Waals surface area contributed by atoms with Gasteiger partial charge in [0.15, 0.2) is 0 Å². The predicted octanol–water partition coefficient (Wildman–Crippen LogP) is 0.299. The molecule has 5 heteroatoms. The molecule has 0 aromatic carbocycles. The Morgan fingerprint density at radius 1 is 1.67 bits per heavy atom. The Kier molecular flexibility index (Phi) is 4.67. The van der Waals surface area contributed by atoms with Crippen LogP contribution in [0.5, 0.6) is 0 Å². The highest BCUT2D eigenvalue weighted by Crippen LogP contribution is 2.02. The quantitative estimate of drug-likeness (QED) is 0.368. The molecule has 12 heavy (non-hydrogen) atoms. The molecule has 5 nitrogen and oxygen atoms in total. The van der Waals surface area contributed by atoms with Crippen molar-refractivity contribution in [2.45, 2.75) is 13.3 Å². The number of hydrogen-bond donors (Lipinski definition) is 1. The average molecular weight is 173 g/mol. The highest BCUT2D eigenvalue weighted by atomic mass is 16.6. The molecule has 0 aromatic heterocycles. The number of rotatable bonds is 5. The van der Waals surface area contributed by atoms with Gasteiger partial charge in [-0.1, -0.05) is 5.16 Å². The molecule has 0 aliphatic carbocycles. The van der Waals surface area contributed by atoms with Crippen LogP contribution in [0.4, 0.5) is 0 Å². The van der Waals surface area contributed by atoms with Crippen molar-refractivity contribution in [2.75, 3.05) is 7.11 Å². The van der Waals surface area contributed by atoms with Crippen LogP contribution in [0, 0.1) is 5.92 Å². The van der Waals surface area contributed by atoms with E-state index in [1.165, 1.54) is 20.2 Å².